The molecule has 1 heterocycles. The Balaban J connectivity index is 1.69. The van der Waals surface area contributed by atoms with Gasteiger partial charge in [0.25, 0.3) is 0 Å². The molecule has 2 aliphatic rings. The van der Waals surface area contributed by atoms with Crippen LogP contribution < -0.4 is 0 Å². The second kappa shape index (κ2) is 8.32. The Morgan fingerprint density at radius 2 is 2.09 bits per heavy atom. The molecule has 3 aromatic rings. The van der Waals surface area contributed by atoms with Crippen LogP contribution in [0, 0.1) is 6.92 Å². The van der Waals surface area contributed by atoms with Gasteiger partial charge in [-0.25, -0.2) is 4.68 Å². The van der Waals surface area contributed by atoms with Gasteiger partial charge in [0, 0.05) is 13.0 Å². The van der Waals surface area contributed by atoms with E-state index in [-0.39, 0.29) is 24.9 Å². The predicted molar refractivity (Wildman–Crippen MR) is 123 cm³/mol. The molecule has 1 aromatic heterocycles. The largest absolute Gasteiger partial charge is 0.466 e. The normalized spacial score (nSPS) is 16.4. The zero-order chi connectivity index (χ0) is 22.4. The molecule has 0 amide bonds. The fourth-order valence-corrected chi connectivity index (χ4v) is 5.44. The fraction of sp³-hybridized carbons (Fsp3) is 0.500. The van der Waals surface area contributed by atoms with Crippen LogP contribution in [0.5, 0.6) is 0 Å². The third kappa shape index (κ3) is 3.60. The van der Waals surface area contributed by atoms with Crippen molar-refractivity contribution in [2.24, 2.45) is 7.05 Å². The van der Waals surface area contributed by atoms with Crippen LogP contribution in [0.2, 0.25) is 0 Å². The highest BCUT2D eigenvalue weighted by Gasteiger charge is 2.32. The lowest BCUT2D eigenvalue weighted by Gasteiger charge is -2.23. The van der Waals surface area contributed by atoms with E-state index in [9.17, 15) is 9.90 Å². The van der Waals surface area contributed by atoms with Crippen molar-refractivity contribution in [3.05, 3.63) is 57.1 Å². The van der Waals surface area contributed by atoms with Crippen LogP contribution in [-0.2, 0) is 36.0 Å². The molecule has 6 nitrogen and oxygen atoms in total. The number of aromatic nitrogens is 3. The number of fused-ring (bicyclic) bond motifs is 2. The number of nitrogens with zero attached hydrogens (tertiary/aromatic N) is 3. The van der Waals surface area contributed by atoms with E-state index in [1.807, 2.05) is 18.7 Å². The van der Waals surface area contributed by atoms with Crippen LogP contribution in [0.1, 0.15) is 83.4 Å². The Bertz CT molecular complexity index is 1190. The molecule has 0 bridgehead atoms. The quantitative estimate of drug-likeness (QED) is 0.565. The van der Waals surface area contributed by atoms with Crippen molar-refractivity contribution in [3.63, 3.8) is 0 Å². The van der Waals surface area contributed by atoms with Gasteiger partial charge in [-0.2, -0.15) is 0 Å². The minimum Gasteiger partial charge on any atom is -0.466 e. The zero-order valence-corrected chi connectivity index (χ0v) is 19.1. The zero-order valence-electron chi connectivity index (χ0n) is 19.1. The maximum atomic E-state index is 12.7. The van der Waals surface area contributed by atoms with Crippen LogP contribution in [0.3, 0.4) is 0 Å². The summed E-state index contributed by atoms with van der Waals surface area (Å²) in [5.41, 5.74) is 10.2. The lowest BCUT2D eigenvalue weighted by molar-refractivity contribution is -0.143. The molecule has 32 heavy (non-hydrogen) atoms. The van der Waals surface area contributed by atoms with Crippen molar-refractivity contribution in [1.82, 2.24) is 15.0 Å². The molecular formula is C26H31N3O3. The summed E-state index contributed by atoms with van der Waals surface area (Å²) >= 11 is 0. The first-order valence-corrected chi connectivity index (χ1v) is 11.8. The van der Waals surface area contributed by atoms with Gasteiger partial charge in [0.2, 0.25) is 0 Å². The SMILES string of the molecule is CCOC(=O)CC(c1cc(CO)c2c(c1)CCC2)c1cc(C2CC2)c2c(nnn2C)c1C. The average molecular weight is 434 g/mol. The molecule has 5 rings (SSSR count). The van der Waals surface area contributed by atoms with Gasteiger partial charge in [0.1, 0.15) is 5.52 Å². The third-order valence-electron chi connectivity index (χ3n) is 7.17. The number of aryl methyl sites for hydroxylation is 3. The molecule has 168 valence electrons. The third-order valence-corrected chi connectivity index (χ3v) is 7.17. The van der Waals surface area contributed by atoms with E-state index in [1.54, 1.807) is 0 Å². The average Bonchev–Trinajstić information content (AvgIpc) is 3.39. The van der Waals surface area contributed by atoms with E-state index in [4.69, 9.17) is 4.74 Å². The van der Waals surface area contributed by atoms with Crippen LogP contribution >= 0.6 is 0 Å². The number of ether oxygens (including phenoxy) is 1. The molecule has 1 fully saturated rings. The maximum absolute atomic E-state index is 12.7. The monoisotopic (exact) mass is 433 g/mol. The number of aliphatic hydroxyl groups excluding tert-OH is 1. The van der Waals surface area contributed by atoms with Crippen LogP contribution in [-0.4, -0.2) is 32.7 Å². The molecular weight excluding hydrogens is 402 g/mol. The van der Waals surface area contributed by atoms with Gasteiger partial charge < -0.3 is 9.84 Å². The Kier molecular flexibility index (Phi) is 5.49. The number of aliphatic hydroxyl groups is 1. The summed E-state index contributed by atoms with van der Waals surface area (Å²) in [6.45, 7) is 4.32. The highest BCUT2D eigenvalue weighted by Crippen LogP contribution is 2.46. The number of carbonyl (C=O) groups excluding carboxylic acids is 1. The van der Waals surface area contributed by atoms with Crippen molar-refractivity contribution in [3.8, 4) is 0 Å². The van der Waals surface area contributed by atoms with Crippen LogP contribution in [0.15, 0.2) is 18.2 Å². The van der Waals surface area contributed by atoms with E-state index < -0.39 is 0 Å². The number of rotatable bonds is 7. The van der Waals surface area contributed by atoms with Crippen LogP contribution in [0.4, 0.5) is 0 Å². The lowest BCUT2D eigenvalue weighted by Crippen LogP contribution is -2.14. The number of benzene rings is 2. The van der Waals surface area contributed by atoms with Crippen molar-refractivity contribution < 1.29 is 14.6 Å². The van der Waals surface area contributed by atoms with Gasteiger partial charge in [0.15, 0.2) is 0 Å². The number of carbonyl (C=O) groups is 1. The van der Waals surface area contributed by atoms with Crippen molar-refractivity contribution in [2.75, 3.05) is 6.61 Å². The van der Waals surface area contributed by atoms with E-state index in [2.05, 4.69) is 35.4 Å². The molecule has 2 aromatic carbocycles. The van der Waals surface area contributed by atoms with Gasteiger partial charge in [-0.3, -0.25) is 4.79 Å². The molecule has 2 aliphatic carbocycles. The van der Waals surface area contributed by atoms with E-state index in [0.717, 1.165) is 52.5 Å². The predicted octanol–water partition coefficient (Wildman–Crippen LogP) is 4.22. The number of hydrogen-bond acceptors (Lipinski definition) is 5. The Morgan fingerprint density at radius 1 is 1.28 bits per heavy atom. The van der Waals surface area contributed by atoms with E-state index in [0.29, 0.717) is 12.5 Å². The smallest absolute Gasteiger partial charge is 0.306 e. The molecule has 1 N–H and O–H groups in total. The number of esters is 1. The second-order valence-corrected chi connectivity index (χ2v) is 9.26. The van der Waals surface area contributed by atoms with Gasteiger partial charge >= 0.3 is 5.97 Å². The molecule has 1 unspecified atom stereocenters. The molecule has 6 heteroatoms. The Labute approximate surface area is 188 Å². The lowest BCUT2D eigenvalue weighted by atomic mass is 9.82. The molecule has 0 saturated heterocycles. The first-order chi connectivity index (χ1) is 15.5. The molecule has 1 saturated carbocycles. The van der Waals surface area contributed by atoms with Crippen molar-refractivity contribution in [1.29, 1.82) is 0 Å². The first-order valence-electron chi connectivity index (χ1n) is 11.8. The minimum absolute atomic E-state index is 0.0256. The summed E-state index contributed by atoms with van der Waals surface area (Å²) in [5, 5.41) is 18.9. The summed E-state index contributed by atoms with van der Waals surface area (Å²) in [5.74, 6) is 0.189. The van der Waals surface area contributed by atoms with Gasteiger partial charge in [-0.1, -0.05) is 23.4 Å². The molecule has 1 atom stereocenters. The molecule has 0 spiro atoms. The van der Waals surface area contributed by atoms with Gasteiger partial charge in [-0.15, -0.1) is 5.10 Å². The molecule has 0 aliphatic heterocycles. The van der Waals surface area contributed by atoms with Gasteiger partial charge in [-0.05, 0) is 90.8 Å². The standard InChI is InChI=1S/C26H31N3O3/c1-4-32-24(31)13-22(18-10-17-6-5-7-20(17)19(11-18)14-30)21-12-23(16-8-9-16)26-25(15(21)2)27-28-29(26)3/h10-12,16,22,30H,4-9,13-14H2,1-3H3. The second-order valence-electron chi connectivity index (χ2n) is 9.26. The Morgan fingerprint density at radius 3 is 2.81 bits per heavy atom. The van der Waals surface area contributed by atoms with Crippen LogP contribution in [0.25, 0.3) is 11.0 Å². The fourth-order valence-electron chi connectivity index (χ4n) is 5.44. The summed E-state index contributed by atoms with van der Waals surface area (Å²) < 4.78 is 7.24. The van der Waals surface area contributed by atoms with E-state index in [1.165, 1.54) is 29.5 Å². The molecule has 0 radical (unpaired) electrons. The number of hydrogen-bond donors (Lipinski definition) is 1. The summed E-state index contributed by atoms with van der Waals surface area (Å²) in [7, 11) is 1.95. The summed E-state index contributed by atoms with van der Waals surface area (Å²) in [4.78, 5) is 12.7. The van der Waals surface area contributed by atoms with E-state index >= 15 is 0 Å². The maximum Gasteiger partial charge on any atom is 0.306 e. The highest BCUT2D eigenvalue weighted by molar-refractivity contribution is 5.84. The minimum atomic E-state index is -0.199. The first kappa shape index (κ1) is 21.1. The highest BCUT2D eigenvalue weighted by atomic mass is 16.5. The summed E-state index contributed by atoms with van der Waals surface area (Å²) in [6, 6.07) is 6.64. The van der Waals surface area contributed by atoms with Crippen molar-refractivity contribution in [2.45, 2.75) is 70.8 Å². The topological polar surface area (TPSA) is 77.2 Å². The summed E-state index contributed by atoms with van der Waals surface area (Å²) in [6.07, 6.45) is 5.79. The van der Waals surface area contributed by atoms with Gasteiger partial charge in [0.05, 0.1) is 25.2 Å². The Hall–Kier alpha value is -2.73. The van der Waals surface area contributed by atoms with Crippen molar-refractivity contribution >= 4 is 17.0 Å².